The number of anilines is 1. The minimum Gasteiger partial charge on any atom is -0.322 e. The van der Waals surface area contributed by atoms with Gasteiger partial charge in [-0.2, -0.15) is 0 Å². The van der Waals surface area contributed by atoms with Crippen molar-refractivity contribution in [3.63, 3.8) is 0 Å². The minimum atomic E-state index is -0.0355. The number of para-hydroxylation sites is 1. The van der Waals surface area contributed by atoms with Gasteiger partial charge in [-0.1, -0.05) is 42.0 Å². The van der Waals surface area contributed by atoms with E-state index in [0.717, 1.165) is 32.7 Å². The normalized spacial score (nSPS) is 19.5. The number of piperazine rings is 1. The number of hydrogen-bond donors (Lipinski definition) is 3. The third kappa shape index (κ3) is 5.49. The van der Waals surface area contributed by atoms with Crippen LogP contribution in [0, 0.1) is 6.92 Å². The fourth-order valence-electron chi connectivity index (χ4n) is 3.74. The number of benzene rings is 2. The fourth-order valence-corrected chi connectivity index (χ4v) is 3.74. The quantitative estimate of drug-likeness (QED) is 0.636. The number of rotatable bonds is 6. The summed E-state index contributed by atoms with van der Waals surface area (Å²) in [4.78, 5) is 27.0. The maximum Gasteiger partial charge on any atom is 0.279 e. The molecule has 142 valence electrons. The topological polar surface area (TPSA) is 55.0 Å². The molecule has 1 fully saturated rings. The Morgan fingerprint density at radius 1 is 0.963 bits per heavy atom. The summed E-state index contributed by atoms with van der Waals surface area (Å²) in [5, 5.41) is 2.91. The third-order valence-electron chi connectivity index (χ3n) is 5.19. The second-order valence-electron chi connectivity index (χ2n) is 7.49. The highest BCUT2D eigenvalue weighted by Gasteiger charge is 2.25. The van der Waals surface area contributed by atoms with E-state index in [2.05, 4.69) is 36.5 Å². The molecule has 27 heavy (non-hydrogen) atoms. The molecule has 0 aliphatic carbocycles. The number of ketones is 1. The number of amides is 1. The van der Waals surface area contributed by atoms with Gasteiger partial charge in [0.1, 0.15) is 32.7 Å². The number of nitrogens with one attached hydrogen (secondary N) is 3. The molecule has 1 aliphatic heterocycles. The minimum absolute atomic E-state index is 0.0270. The van der Waals surface area contributed by atoms with E-state index < -0.39 is 0 Å². The van der Waals surface area contributed by atoms with Crippen LogP contribution >= 0.6 is 0 Å². The predicted molar refractivity (Wildman–Crippen MR) is 106 cm³/mol. The molecule has 3 rings (SSSR count). The van der Waals surface area contributed by atoms with Crippen LogP contribution in [-0.2, 0) is 11.3 Å². The van der Waals surface area contributed by atoms with Crippen LogP contribution in [0.25, 0.3) is 0 Å². The maximum atomic E-state index is 12.4. The number of aryl methyl sites for hydroxylation is 1. The zero-order valence-corrected chi connectivity index (χ0v) is 16.2. The molecule has 1 aliphatic rings. The van der Waals surface area contributed by atoms with Crippen molar-refractivity contribution in [2.75, 3.05) is 38.0 Å². The number of quaternary nitrogens is 2. The third-order valence-corrected chi connectivity index (χ3v) is 5.19. The van der Waals surface area contributed by atoms with Crippen molar-refractivity contribution in [2.24, 2.45) is 0 Å². The van der Waals surface area contributed by atoms with Gasteiger partial charge in [0, 0.05) is 11.1 Å². The van der Waals surface area contributed by atoms with Crippen LogP contribution in [0.2, 0.25) is 0 Å². The summed E-state index contributed by atoms with van der Waals surface area (Å²) in [6.45, 7) is 9.26. The van der Waals surface area contributed by atoms with Crippen molar-refractivity contribution in [3.05, 3.63) is 65.2 Å². The first kappa shape index (κ1) is 19.3. The van der Waals surface area contributed by atoms with E-state index >= 15 is 0 Å². The van der Waals surface area contributed by atoms with E-state index in [1.165, 1.54) is 23.0 Å². The van der Waals surface area contributed by atoms with E-state index in [9.17, 15) is 9.59 Å². The summed E-state index contributed by atoms with van der Waals surface area (Å²) < 4.78 is 0. The van der Waals surface area contributed by atoms with Gasteiger partial charge < -0.3 is 15.1 Å². The number of hydrogen-bond acceptors (Lipinski definition) is 2. The van der Waals surface area contributed by atoms with Crippen LogP contribution in [0.1, 0.15) is 28.4 Å². The molecule has 5 heteroatoms. The van der Waals surface area contributed by atoms with Crippen LogP contribution in [0.4, 0.5) is 5.69 Å². The van der Waals surface area contributed by atoms with E-state index in [4.69, 9.17) is 0 Å². The zero-order chi connectivity index (χ0) is 19.2. The van der Waals surface area contributed by atoms with Crippen molar-refractivity contribution in [2.45, 2.75) is 20.4 Å². The van der Waals surface area contributed by atoms with Crippen LogP contribution in [0.5, 0.6) is 0 Å². The summed E-state index contributed by atoms with van der Waals surface area (Å²) >= 11 is 0. The summed E-state index contributed by atoms with van der Waals surface area (Å²) in [7, 11) is 0. The first-order valence-corrected chi connectivity index (χ1v) is 9.64. The lowest BCUT2D eigenvalue weighted by atomic mass is 10.1. The standard InChI is InChI=1S/C22H27N3O2/c1-17-6-5-7-19(14-17)15-24-10-12-25(13-11-24)16-22(27)23-21-9-4-3-8-20(21)18(2)26/h3-9,14H,10-13,15-16H2,1-2H3,(H,23,27)/p+2. The Morgan fingerprint density at radius 3 is 2.37 bits per heavy atom. The SMILES string of the molecule is CC(=O)c1ccccc1NC(=O)C[NH+]1CC[NH+](Cc2cccc(C)c2)CC1. The molecule has 0 aromatic heterocycles. The van der Waals surface area contributed by atoms with Crippen molar-refractivity contribution >= 4 is 17.4 Å². The summed E-state index contributed by atoms with van der Waals surface area (Å²) in [6, 6.07) is 15.9. The largest absolute Gasteiger partial charge is 0.322 e. The Labute approximate surface area is 161 Å². The van der Waals surface area contributed by atoms with Crippen molar-refractivity contribution in [1.82, 2.24) is 0 Å². The molecular formula is C22H29N3O2+2. The molecule has 0 saturated carbocycles. The highest BCUT2D eigenvalue weighted by Crippen LogP contribution is 2.15. The molecule has 5 nitrogen and oxygen atoms in total. The van der Waals surface area contributed by atoms with Crippen LogP contribution in [0.3, 0.4) is 0 Å². The molecule has 1 heterocycles. The van der Waals surface area contributed by atoms with Crippen molar-refractivity contribution < 1.29 is 19.4 Å². The number of carbonyl (C=O) groups is 2. The highest BCUT2D eigenvalue weighted by atomic mass is 16.2. The molecule has 0 radical (unpaired) electrons. The Morgan fingerprint density at radius 2 is 1.67 bits per heavy atom. The number of carbonyl (C=O) groups excluding carboxylic acids is 2. The molecule has 1 saturated heterocycles. The fraction of sp³-hybridized carbons (Fsp3) is 0.364. The molecule has 0 spiro atoms. The smallest absolute Gasteiger partial charge is 0.279 e. The van der Waals surface area contributed by atoms with E-state index in [0.29, 0.717) is 17.8 Å². The highest BCUT2D eigenvalue weighted by molar-refractivity contribution is 6.03. The molecule has 0 unspecified atom stereocenters. The van der Waals surface area contributed by atoms with Gasteiger partial charge in [0.25, 0.3) is 5.91 Å². The average molecular weight is 367 g/mol. The summed E-state index contributed by atoms with van der Waals surface area (Å²) in [5.74, 6) is -0.0626. The van der Waals surface area contributed by atoms with Gasteiger partial charge in [0.2, 0.25) is 0 Å². The van der Waals surface area contributed by atoms with Crippen LogP contribution in [-0.4, -0.2) is 44.4 Å². The summed E-state index contributed by atoms with van der Waals surface area (Å²) in [5.41, 5.74) is 3.86. The predicted octanol–water partition coefficient (Wildman–Crippen LogP) is 0.120. The average Bonchev–Trinajstić information content (AvgIpc) is 2.63. The molecule has 1 amide bonds. The van der Waals surface area contributed by atoms with Crippen LogP contribution in [0.15, 0.2) is 48.5 Å². The molecule has 0 bridgehead atoms. The van der Waals surface area contributed by atoms with Crippen LogP contribution < -0.4 is 15.1 Å². The lowest BCUT2D eigenvalue weighted by Crippen LogP contribution is -3.28. The first-order chi connectivity index (χ1) is 13.0. The van der Waals surface area contributed by atoms with Gasteiger partial charge >= 0.3 is 0 Å². The lowest BCUT2D eigenvalue weighted by Gasteiger charge is -2.29. The summed E-state index contributed by atoms with van der Waals surface area (Å²) in [6.07, 6.45) is 0. The van der Waals surface area contributed by atoms with E-state index in [1.807, 2.05) is 12.1 Å². The second kappa shape index (κ2) is 8.93. The Hall–Kier alpha value is -2.50. The second-order valence-corrected chi connectivity index (χ2v) is 7.49. The van der Waals surface area contributed by atoms with Gasteiger partial charge in [-0.15, -0.1) is 0 Å². The maximum absolute atomic E-state index is 12.4. The van der Waals surface area contributed by atoms with Crippen molar-refractivity contribution in [3.8, 4) is 0 Å². The van der Waals surface area contributed by atoms with Gasteiger partial charge in [-0.05, 0) is 26.0 Å². The van der Waals surface area contributed by atoms with Gasteiger partial charge in [-0.3, -0.25) is 9.59 Å². The molecule has 2 aromatic carbocycles. The zero-order valence-electron chi connectivity index (χ0n) is 16.2. The molecule has 0 atom stereocenters. The molecule has 2 aromatic rings. The van der Waals surface area contributed by atoms with E-state index in [-0.39, 0.29) is 11.7 Å². The molecule has 3 N–H and O–H groups in total. The number of Topliss-reactive ketones (excluding diaryl/α,β-unsaturated/α-hetero) is 1. The lowest BCUT2D eigenvalue weighted by molar-refractivity contribution is -1.02. The van der Waals surface area contributed by atoms with E-state index in [1.54, 1.807) is 17.0 Å². The van der Waals surface area contributed by atoms with Gasteiger partial charge in [-0.25, -0.2) is 0 Å². The Kier molecular flexibility index (Phi) is 6.37. The van der Waals surface area contributed by atoms with Gasteiger partial charge in [0.05, 0.1) is 5.69 Å². The Balaban J connectivity index is 1.48. The monoisotopic (exact) mass is 367 g/mol. The first-order valence-electron chi connectivity index (χ1n) is 9.64. The Bertz CT molecular complexity index is 811. The molecular weight excluding hydrogens is 338 g/mol. The van der Waals surface area contributed by atoms with Crippen molar-refractivity contribution in [1.29, 1.82) is 0 Å². The van der Waals surface area contributed by atoms with Gasteiger partial charge in [0.15, 0.2) is 12.3 Å².